The van der Waals surface area contributed by atoms with Crippen LogP contribution in [0.5, 0.6) is 5.75 Å². The van der Waals surface area contributed by atoms with Crippen LogP contribution >= 0.6 is 11.8 Å². The maximum atomic E-state index is 13.2. The molecule has 33 heavy (non-hydrogen) atoms. The number of esters is 1. The summed E-state index contributed by atoms with van der Waals surface area (Å²) in [4.78, 5) is 29.9. The number of rotatable bonds is 8. The Balaban J connectivity index is 1.76. The van der Waals surface area contributed by atoms with Gasteiger partial charge >= 0.3 is 5.97 Å². The number of hydrogen-bond donors (Lipinski definition) is 1. The fourth-order valence-electron chi connectivity index (χ4n) is 3.57. The van der Waals surface area contributed by atoms with E-state index < -0.39 is 12.1 Å². The molecule has 0 unspecified atom stereocenters. The van der Waals surface area contributed by atoms with Gasteiger partial charge < -0.3 is 9.47 Å². The van der Waals surface area contributed by atoms with Crippen molar-refractivity contribution in [3.8, 4) is 5.75 Å². The number of hydrazone groups is 1. The maximum Gasteiger partial charge on any atom is 0.344 e. The lowest BCUT2D eigenvalue weighted by Crippen LogP contribution is -2.50. The van der Waals surface area contributed by atoms with Crippen LogP contribution in [0.1, 0.15) is 38.4 Å². The third-order valence-electron chi connectivity index (χ3n) is 5.10. The fraction of sp³-hybridized carbons (Fsp3) is 0.333. The zero-order valence-electron chi connectivity index (χ0n) is 18.6. The molecule has 4 rings (SSSR count). The van der Waals surface area contributed by atoms with Gasteiger partial charge in [0.05, 0.1) is 12.0 Å². The van der Waals surface area contributed by atoms with Gasteiger partial charge in [0.2, 0.25) is 0 Å². The summed E-state index contributed by atoms with van der Waals surface area (Å²) in [5.41, 5.74) is 1.13. The Morgan fingerprint density at radius 2 is 1.94 bits per heavy atom. The Labute approximate surface area is 196 Å². The molecule has 0 radical (unpaired) electrons. The van der Waals surface area contributed by atoms with E-state index in [-0.39, 0.29) is 19.1 Å². The molecule has 1 amide bonds. The van der Waals surface area contributed by atoms with Crippen LogP contribution in [0.3, 0.4) is 0 Å². The van der Waals surface area contributed by atoms with Crippen LogP contribution in [0.2, 0.25) is 0 Å². The Bertz CT molecular complexity index is 1200. The first-order valence-corrected chi connectivity index (χ1v) is 12.0. The van der Waals surface area contributed by atoms with Crippen molar-refractivity contribution in [3.05, 3.63) is 64.7 Å². The molecule has 1 N–H and O–H groups in total. The number of carbonyl (C=O) groups is 2. The molecule has 0 saturated carbocycles. The van der Waals surface area contributed by atoms with E-state index in [1.54, 1.807) is 18.0 Å². The summed E-state index contributed by atoms with van der Waals surface area (Å²) in [7, 11) is 0. The average molecular weight is 467 g/mol. The van der Waals surface area contributed by atoms with E-state index in [0.717, 1.165) is 23.8 Å². The minimum atomic E-state index is -0.624. The predicted molar refractivity (Wildman–Crippen MR) is 127 cm³/mol. The number of para-hydroxylation sites is 2. The number of unbranched alkanes of at least 4 members (excludes halogenated alkanes) is 1. The van der Waals surface area contributed by atoms with E-state index in [1.165, 1.54) is 11.8 Å². The van der Waals surface area contributed by atoms with E-state index in [9.17, 15) is 9.59 Å². The van der Waals surface area contributed by atoms with Gasteiger partial charge in [-0.05, 0) is 25.5 Å². The highest BCUT2D eigenvalue weighted by Gasteiger charge is 2.35. The molecule has 0 aliphatic carbocycles. The molecule has 2 aromatic carbocycles. The number of carbonyl (C=O) groups excluding carboxylic acids is 2. The highest BCUT2D eigenvalue weighted by atomic mass is 32.2. The highest BCUT2D eigenvalue weighted by Crippen LogP contribution is 2.35. The van der Waals surface area contributed by atoms with E-state index >= 15 is 0 Å². The molecule has 9 heteroatoms. The first-order chi connectivity index (χ1) is 16.1. The van der Waals surface area contributed by atoms with Crippen molar-refractivity contribution >= 4 is 34.5 Å². The number of benzene rings is 2. The molecule has 0 fully saturated rings. The fourth-order valence-corrected chi connectivity index (χ4v) is 4.51. The van der Waals surface area contributed by atoms with Gasteiger partial charge in [-0.2, -0.15) is 0 Å². The number of ether oxygens (including phenoxy) is 2. The molecule has 8 nitrogen and oxygen atoms in total. The Morgan fingerprint density at radius 3 is 2.76 bits per heavy atom. The summed E-state index contributed by atoms with van der Waals surface area (Å²) in [6.45, 7) is 3.94. The Morgan fingerprint density at radius 1 is 1.15 bits per heavy atom. The molecule has 2 aliphatic rings. The van der Waals surface area contributed by atoms with Gasteiger partial charge in [0, 0.05) is 16.5 Å². The zero-order valence-corrected chi connectivity index (χ0v) is 19.4. The van der Waals surface area contributed by atoms with Crippen LogP contribution in [0.4, 0.5) is 0 Å². The number of thioether (sulfide) groups is 1. The van der Waals surface area contributed by atoms with Gasteiger partial charge in [0.25, 0.3) is 5.91 Å². The van der Waals surface area contributed by atoms with Crippen LogP contribution in [-0.2, 0) is 14.3 Å². The number of nitrogens with zero attached hydrogens (tertiary/aromatic N) is 3. The van der Waals surface area contributed by atoms with Crippen LogP contribution in [0.15, 0.2) is 58.6 Å². The largest absolute Gasteiger partial charge is 0.481 e. The first kappa shape index (κ1) is 22.8. The van der Waals surface area contributed by atoms with Crippen LogP contribution < -0.4 is 20.6 Å². The van der Waals surface area contributed by atoms with Crippen LogP contribution in [0.25, 0.3) is 5.70 Å². The van der Waals surface area contributed by atoms with Crippen LogP contribution in [0, 0.1) is 0 Å². The Hall–Kier alpha value is -3.33. The molecular weight excluding hydrogens is 440 g/mol. The van der Waals surface area contributed by atoms with Crippen molar-refractivity contribution in [1.82, 2.24) is 10.3 Å². The molecular formula is C24H26N4O4S. The first-order valence-electron chi connectivity index (χ1n) is 11.0. The third-order valence-corrected chi connectivity index (χ3v) is 6.05. The smallest absolute Gasteiger partial charge is 0.344 e. The summed E-state index contributed by atoms with van der Waals surface area (Å²) in [5.74, 6) is 0.673. The van der Waals surface area contributed by atoms with Crippen molar-refractivity contribution < 1.29 is 19.1 Å². The van der Waals surface area contributed by atoms with Crippen molar-refractivity contribution in [2.24, 2.45) is 10.1 Å². The van der Waals surface area contributed by atoms with E-state index in [2.05, 4.69) is 12.2 Å². The molecule has 2 aliphatic heterocycles. The standard InChI is InChI=1S/C24H26N4O4S/c1-3-5-14-33-24-26-23(30)21-16-10-6-8-12-18(16)25-22(28(21)27-24)17-11-7-9-13-19(17)32-15-20(29)31-4-2/h6-13,22H,3-5,14-15H2,1-2H3,(H,26,27,30)/t22-/m1/s1. The number of nitrogens with one attached hydrogen (secondary N) is 1. The van der Waals surface area contributed by atoms with Gasteiger partial charge in [0.1, 0.15) is 11.4 Å². The number of hydrogen-bond acceptors (Lipinski definition) is 8. The molecule has 0 saturated heterocycles. The number of amides is 1. The van der Waals surface area contributed by atoms with E-state index in [4.69, 9.17) is 19.6 Å². The second-order valence-corrected chi connectivity index (χ2v) is 8.49. The quantitative estimate of drug-likeness (QED) is 0.474. The molecule has 172 valence electrons. The summed E-state index contributed by atoms with van der Waals surface area (Å²) in [6, 6.07) is 14.8. The van der Waals surface area contributed by atoms with Crippen LogP contribution in [-0.4, -0.2) is 41.0 Å². The monoisotopic (exact) mass is 466 g/mol. The Kier molecular flexibility index (Phi) is 7.29. The summed E-state index contributed by atoms with van der Waals surface area (Å²) in [6.07, 6.45) is 1.46. The lowest BCUT2D eigenvalue weighted by atomic mass is 10.1. The number of amidine groups is 1. The summed E-state index contributed by atoms with van der Waals surface area (Å²) >= 11 is 1.51. The van der Waals surface area contributed by atoms with E-state index in [1.807, 2.05) is 42.5 Å². The second kappa shape index (κ2) is 10.5. The molecule has 2 heterocycles. The van der Waals surface area contributed by atoms with Gasteiger partial charge in [-0.15, -0.1) is 5.10 Å². The minimum Gasteiger partial charge on any atom is -0.481 e. The normalized spacial score (nSPS) is 16.7. The van der Waals surface area contributed by atoms with Gasteiger partial charge in [-0.3, -0.25) is 15.1 Å². The lowest BCUT2D eigenvalue weighted by Gasteiger charge is -2.34. The zero-order chi connectivity index (χ0) is 23.2. The molecule has 0 spiro atoms. The third kappa shape index (κ3) is 5.03. The van der Waals surface area contributed by atoms with Crippen molar-refractivity contribution in [2.45, 2.75) is 32.9 Å². The van der Waals surface area contributed by atoms with Gasteiger partial charge in [-0.1, -0.05) is 61.5 Å². The number of fused-ring (bicyclic) bond motifs is 2. The second-order valence-electron chi connectivity index (χ2n) is 7.41. The highest BCUT2D eigenvalue weighted by molar-refractivity contribution is 8.13. The molecule has 0 aromatic heterocycles. The topological polar surface area (TPSA) is 92.6 Å². The summed E-state index contributed by atoms with van der Waals surface area (Å²) in [5, 5.41) is 11.3. The minimum absolute atomic E-state index is 0.216. The van der Waals surface area contributed by atoms with Gasteiger partial charge in [-0.25, -0.2) is 9.80 Å². The van der Waals surface area contributed by atoms with Crippen molar-refractivity contribution in [1.29, 1.82) is 0 Å². The lowest BCUT2D eigenvalue weighted by molar-refractivity contribution is -0.145. The van der Waals surface area contributed by atoms with Gasteiger partial charge in [0.15, 0.2) is 17.9 Å². The predicted octanol–water partition coefficient (Wildman–Crippen LogP) is 2.30. The molecule has 0 bridgehead atoms. The SMILES string of the molecule is CCCCSC1=NN2C(=c3ccccc3=N[C@H]2c2ccccc2OCC(=O)OCC)C(=O)N1. The van der Waals surface area contributed by atoms with Crippen molar-refractivity contribution in [2.75, 3.05) is 19.0 Å². The summed E-state index contributed by atoms with van der Waals surface area (Å²) < 4.78 is 10.8. The average Bonchev–Trinajstić information content (AvgIpc) is 2.82. The molecule has 1 atom stereocenters. The maximum absolute atomic E-state index is 13.2. The van der Waals surface area contributed by atoms with E-state index in [0.29, 0.717) is 27.5 Å². The molecule has 2 aromatic rings. The van der Waals surface area contributed by atoms with Crippen molar-refractivity contribution in [3.63, 3.8) is 0 Å².